The van der Waals surface area contributed by atoms with E-state index >= 15 is 0 Å². The van der Waals surface area contributed by atoms with Crippen LogP contribution in [0.3, 0.4) is 0 Å². The maximum atomic E-state index is 11.8. The molecule has 21 heavy (non-hydrogen) atoms. The number of halogens is 1. The average molecular weight is 312 g/mol. The molecule has 0 radical (unpaired) electrons. The van der Waals surface area contributed by atoms with Crippen LogP contribution in [0.4, 0.5) is 0 Å². The van der Waals surface area contributed by atoms with E-state index in [0.717, 1.165) is 31.2 Å². The average Bonchev–Trinajstić information content (AvgIpc) is 2.48. The highest BCUT2D eigenvalue weighted by atomic mass is 35.5. The van der Waals surface area contributed by atoms with Crippen molar-refractivity contribution in [3.8, 4) is 5.75 Å². The van der Waals surface area contributed by atoms with Crippen LogP contribution in [-0.4, -0.2) is 30.3 Å². The molecule has 0 spiro atoms. The highest BCUT2D eigenvalue weighted by Crippen LogP contribution is 2.23. The van der Waals surface area contributed by atoms with Crippen LogP contribution in [0.5, 0.6) is 5.75 Å². The van der Waals surface area contributed by atoms with Gasteiger partial charge in [0.25, 0.3) is 5.91 Å². The number of benzene rings is 1. The summed E-state index contributed by atoms with van der Waals surface area (Å²) < 4.78 is 5.45. The number of aryl methyl sites for hydroxylation is 1. The summed E-state index contributed by atoms with van der Waals surface area (Å²) in [5, 5.41) is 13.0. The molecule has 1 saturated carbocycles. The van der Waals surface area contributed by atoms with Crippen molar-refractivity contribution in [2.45, 2.75) is 38.7 Å². The molecule has 1 aliphatic rings. The lowest BCUT2D eigenvalue weighted by Crippen LogP contribution is -2.34. The quantitative estimate of drug-likeness (QED) is 0.879. The van der Waals surface area contributed by atoms with Crippen molar-refractivity contribution in [2.24, 2.45) is 5.92 Å². The Kier molecular flexibility index (Phi) is 5.88. The fourth-order valence-electron chi connectivity index (χ4n) is 2.51. The highest BCUT2D eigenvalue weighted by Gasteiger charge is 2.19. The Morgan fingerprint density at radius 2 is 2.10 bits per heavy atom. The summed E-state index contributed by atoms with van der Waals surface area (Å²) in [6.07, 6.45) is 3.45. The van der Waals surface area contributed by atoms with Crippen LogP contribution < -0.4 is 10.1 Å². The third kappa shape index (κ3) is 5.21. The van der Waals surface area contributed by atoms with Crippen molar-refractivity contribution < 1.29 is 14.6 Å². The molecule has 0 heterocycles. The van der Waals surface area contributed by atoms with Gasteiger partial charge in [0.15, 0.2) is 6.61 Å². The van der Waals surface area contributed by atoms with Crippen molar-refractivity contribution in [1.82, 2.24) is 5.32 Å². The molecule has 0 aromatic heterocycles. The first-order valence-corrected chi connectivity index (χ1v) is 7.76. The van der Waals surface area contributed by atoms with Gasteiger partial charge in [-0.25, -0.2) is 0 Å². The van der Waals surface area contributed by atoms with E-state index in [1.807, 2.05) is 13.0 Å². The van der Waals surface area contributed by atoms with E-state index in [2.05, 4.69) is 5.32 Å². The second-order valence-corrected chi connectivity index (χ2v) is 6.09. The van der Waals surface area contributed by atoms with Crippen LogP contribution in [0.2, 0.25) is 5.02 Å². The number of nitrogens with one attached hydrogen (secondary N) is 1. The maximum absolute atomic E-state index is 11.8. The van der Waals surface area contributed by atoms with Crippen molar-refractivity contribution in [2.75, 3.05) is 13.2 Å². The molecule has 1 aromatic carbocycles. The number of aliphatic hydroxyl groups is 1. The predicted molar refractivity (Wildman–Crippen MR) is 82.7 cm³/mol. The molecule has 1 amide bonds. The minimum atomic E-state index is -0.159. The number of hydrogen-bond donors (Lipinski definition) is 2. The zero-order valence-electron chi connectivity index (χ0n) is 12.3. The molecule has 1 aliphatic carbocycles. The zero-order valence-corrected chi connectivity index (χ0v) is 13.0. The molecule has 0 bridgehead atoms. The van der Waals surface area contributed by atoms with E-state index in [1.165, 1.54) is 0 Å². The Hall–Kier alpha value is -1.26. The number of carbonyl (C=O) groups excluding carboxylic acids is 1. The van der Waals surface area contributed by atoms with Crippen molar-refractivity contribution >= 4 is 17.5 Å². The fraction of sp³-hybridized carbons (Fsp3) is 0.562. The van der Waals surface area contributed by atoms with Gasteiger partial charge in [0.2, 0.25) is 0 Å². The second kappa shape index (κ2) is 7.66. The number of ether oxygens (including phenoxy) is 1. The molecule has 2 rings (SSSR count). The second-order valence-electron chi connectivity index (χ2n) is 5.68. The lowest BCUT2D eigenvalue weighted by atomic mass is 9.87. The first-order chi connectivity index (χ1) is 10.0. The van der Waals surface area contributed by atoms with Crippen molar-refractivity contribution in [3.05, 3.63) is 28.8 Å². The zero-order chi connectivity index (χ0) is 15.2. The molecular weight excluding hydrogens is 290 g/mol. The Morgan fingerprint density at radius 3 is 2.76 bits per heavy atom. The van der Waals surface area contributed by atoms with E-state index in [9.17, 15) is 9.90 Å². The normalized spacial score (nSPS) is 21.9. The molecular formula is C16H22ClNO3. The number of hydrogen-bond acceptors (Lipinski definition) is 3. The minimum Gasteiger partial charge on any atom is -0.484 e. The third-order valence-electron chi connectivity index (χ3n) is 3.90. The van der Waals surface area contributed by atoms with Crippen LogP contribution in [0, 0.1) is 12.8 Å². The van der Waals surface area contributed by atoms with Gasteiger partial charge in [-0.1, -0.05) is 11.6 Å². The monoisotopic (exact) mass is 311 g/mol. The highest BCUT2D eigenvalue weighted by molar-refractivity contribution is 6.31. The van der Waals surface area contributed by atoms with Gasteiger partial charge in [-0.05, 0) is 62.3 Å². The van der Waals surface area contributed by atoms with Crippen LogP contribution in [0.1, 0.15) is 31.2 Å². The summed E-state index contributed by atoms with van der Waals surface area (Å²) in [5.41, 5.74) is 0.926. The summed E-state index contributed by atoms with van der Waals surface area (Å²) in [7, 11) is 0. The number of rotatable bonds is 5. The molecule has 1 aromatic rings. The molecule has 116 valence electrons. The topological polar surface area (TPSA) is 58.6 Å². The fourth-order valence-corrected chi connectivity index (χ4v) is 2.63. The summed E-state index contributed by atoms with van der Waals surface area (Å²) in [6, 6.07) is 5.33. The maximum Gasteiger partial charge on any atom is 0.257 e. The Labute approximate surface area is 130 Å². The van der Waals surface area contributed by atoms with Crippen LogP contribution in [0.15, 0.2) is 18.2 Å². The van der Waals surface area contributed by atoms with Crippen LogP contribution >= 0.6 is 11.6 Å². The van der Waals surface area contributed by atoms with Gasteiger partial charge in [0.05, 0.1) is 6.10 Å². The van der Waals surface area contributed by atoms with Gasteiger partial charge < -0.3 is 15.2 Å². The van der Waals surface area contributed by atoms with E-state index in [1.54, 1.807) is 12.1 Å². The Bertz CT molecular complexity index is 484. The third-order valence-corrected chi connectivity index (χ3v) is 4.33. The van der Waals surface area contributed by atoms with Crippen LogP contribution in [0.25, 0.3) is 0 Å². The van der Waals surface area contributed by atoms with Gasteiger partial charge in [-0.2, -0.15) is 0 Å². The molecule has 0 saturated heterocycles. The van der Waals surface area contributed by atoms with E-state index in [4.69, 9.17) is 16.3 Å². The van der Waals surface area contributed by atoms with Crippen molar-refractivity contribution in [3.63, 3.8) is 0 Å². The van der Waals surface area contributed by atoms with Crippen molar-refractivity contribution in [1.29, 1.82) is 0 Å². The summed E-state index contributed by atoms with van der Waals surface area (Å²) in [6.45, 7) is 2.57. The van der Waals surface area contributed by atoms with Crippen LogP contribution in [-0.2, 0) is 4.79 Å². The smallest absolute Gasteiger partial charge is 0.257 e. The predicted octanol–water partition coefficient (Wildman–Crippen LogP) is 2.69. The van der Waals surface area contributed by atoms with Gasteiger partial charge in [0, 0.05) is 11.6 Å². The standard InChI is InChI=1S/C16H22ClNO3/c1-11-8-14(6-7-15(11)17)21-10-16(20)18-9-12-2-4-13(19)5-3-12/h6-8,12-13,19H,2-5,9-10H2,1H3,(H,18,20). The molecule has 0 unspecified atom stereocenters. The first-order valence-electron chi connectivity index (χ1n) is 7.38. The molecule has 1 fully saturated rings. The van der Waals surface area contributed by atoms with E-state index in [-0.39, 0.29) is 18.6 Å². The number of aliphatic hydroxyl groups excluding tert-OH is 1. The summed E-state index contributed by atoms with van der Waals surface area (Å²) >= 11 is 5.94. The number of carbonyl (C=O) groups is 1. The molecule has 0 aliphatic heterocycles. The molecule has 5 heteroatoms. The van der Waals surface area contributed by atoms with Gasteiger partial charge in [-0.15, -0.1) is 0 Å². The van der Waals surface area contributed by atoms with Gasteiger partial charge in [-0.3, -0.25) is 4.79 Å². The number of amides is 1. The molecule has 0 atom stereocenters. The largest absolute Gasteiger partial charge is 0.484 e. The van der Waals surface area contributed by atoms with Gasteiger partial charge >= 0.3 is 0 Å². The Balaban J connectivity index is 1.68. The molecule has 2 N–H and O–H groups in total. The lowest BCUT2D eigenvalue weighted by Gasteiger charge is -2.25. The molecule has 4 nitrogen and oxygen atoms in total. The SMILES string of the molecule is Cc1cc(OCC(=O)NCC2CCC(O)CC2)ccc1Cl. The Morgan fingerprint density at radius 1 is 1.38 bits per heavy atom. The first kappa shape index (κ1) is 16.1. The van der Waals surface area contributed by atoms with E-state index < -0.39 is 0 Å². The lowest BCUT2D eigenvalue weighted by molar-refractivity contribution is -0.123. The van der Waals surface area contributed by atoms with Gasteiger partial charge in [0.1, 0.15) is 5.75 Å². The minimum absolute atomic E-state index is 0.0103. The summed E-state index contributed by atoms with van der Waals surface area (Å²) in [5.74, 6) is 0.997. The van der Waals surface area contributed by atoms with E-state index in [0.29, 0.717) is 23.2 Å². The summed E-state index contributed by atoms with van der Waals surface area (Å²) in [4.78, 5) is 11.8.